The normalized spacial score (nSPS) is 12.8. The van der Waals surface area contributed by atoms with Crippen LogP contribution < -0.4 is 0 Å². The fraction of sp³-hybridized carbons (Fsp3) is 0.429. The first-order valence-corrected chi connectivity index (χ1v) is 7.32. The lowest BCUT2D eigenvalue weighted by molar-refractivity contribution is 0.0404. The highest BCUT2D eigenvalue weighted by Gasteiger charge is 2.14. The maximum Gasteiger partial charge on any atom is 0.248 e. The Morgan fingerprint density at radius 2 is 2.14 bits per heavy atom. The summed E-state index contributed by atoms with van der Waals surface area (Å²) in [4.78, 5) is 1.90. The molecule has 114 valence electrons. The minimum absolute atomic E-state index is 0.302. The van der Waals surface area contributed by atoms with Crippen LogP contribution in [-0.2, 0) is 11.3 Å². The van der Waals surface area contributed by atoms with Crippen molar-refractivity contribution in [2.75, 3.05) is 27.3 Å². The molecular weight excluding hydrogens is 338 g/mol. The van der Waals surface area contributed by atoms with Gasteiger partial charge in [-0.3, -0.25) is 4.90 Å². The van der Waals surface area contributed by atoms with Gasteiger partial charge in [0.15, 0.2) is 0 Å². The van der Waals surface area contributed by atoms with Crippen molar-refractivity contribution in [1.82, 2.24) is 15.1 Å². The minimum Gasteiger partial charge on any atom is -0.419 e. The summed E-state index contributed by atoms with van der Waals surface area (Å²) in [7, 11) is 3.44. The number of aromatic nitrogens is 2. The fourth-order valence-corrected chi connectivity index (χ4v) is 2.42. The van der Waals surface area contributed by atoms with Crippen molar-refractivity contribution < 1.29 is 14.3 Å². The molecule has 7 heteroatoms. The molecule has 2 aromatic rings. The molecule has 0 radical (unpaired) electrons. The number of aliphatic hydroxyl groups is 1. The van der Waals surface area contributed by atoms with Crippen LogP contribution in [0.4, 0.5) is 0 Å². The Bertz CT molecular complexity index is 576. The molecule has 21 heavy (non-hydrogen) atoms. The monoisotopic (exact) mass is 355 g/mol. The highest BCUT2D eigenvalue weighted by atomic mass is 79.9. The molecule has 0 saturated carbocycles. The van der Waals surface area contributed by atoms with Gasteiger partial charge in [0.1, 0.15) is 0 Å². The van der Waals surface area contributed by atoms with Crippen molar-refractivity contribution in [1.29, 1.82) is 0 Å². The van der Waals surface area contributed by atoms with Crippen LogP contribution in [0.25, 0.3) is 11.5 Å². The Morgan fingerprint density at radius 1 is 1.38 bits per heavy atom. The molecule has 1 heterocycles. The van der Waals surface area contributed by atoms with Crippen molar-refractivity contribution in [2.45, 2.75) is 12.6 Å². The van der Waals surface area contributed by atoms with Crippen LogP contribution in [-0.4, -0.2) is 53.6 Å². The lowest BCUT2D eigenvalue weighted by Gasteiger charge is -2.18. The lowest BCUT2D eigenvalue weighted by Crippen LogP contribution is -2.31. The Kier molecular flexibility index (Phi) is 5.86. The summed E-state index contributed by atoms with van der Waals surface area (Å²) in [6, 6.07) is 7.67. The number of halogens is 1. The largest absolute Gasteiger partial charge is 0.419 e. The van der Waals surface area contributed by atoms with E-state index in [1.807, 2.05) is 36.2 Å². The molecule has 1 N–H and O–H groups in total. The molecule has 1 atom stereocenters. The number of rotatable bonds is 7. The summed E-state index contributed by atoms with van der Waals surface area (Å²) >= 11 is 3.46. The lowest BCUT2D eigenvalue weighted by atomic mass is 10.2. The number of benzene rings is 1. The summed E-state index contributed by atoms with van der Waals surface area (Å²) in [5, 5.41) is 17.8. The number of hydrogen-bond donors (Lipinski definition) is 1. The molecule has 1 unspecified atom stereocenters. The Labute approximate surface area is 131 Å². The van der Waals surface area contributed by atoms with Crippen molar-refractivity contribution >= 4 is 15.9 Å². The molecular formula is C14H18BrN3O3. The van der Waals surface area contributed by atoms with Gasteiger partial charge >= 0.3 is 0 Å². The van der Waals surface area contributed by atoms with E-state index in [1.165, 1.54) is 0 Å². The molecule has 1 aromatic heterocycles. The van der Waals surface area contributed by atoms with E-state index in [2.05, 4.69) is 26.1 Å². The predicted molar refractivity (Wildman–Crippen MR) is 81.7 cm³/mol. The van der Waals surface area contributed by atoms with Gasteiger partial charge in [-0.15, -0.1) is 10.2 Å². The smallest absolute Gasteiger partial charge is 0.248 e. The average Bonchev–Trinajstić information content (AvgIpc) is 2.87. The van der Waals surface area contributed by atoms with Gasteiger partial charge < -0.3 is 14.3 Å². The van der Waals surface area contributed by atoms with Crippen LogP contribution in [0, 0.1) is 0 Å². The summed E-state index contributed by atoms with van der Waals surface area (Å²) < 4.78 is 11.5. The third kappa shape index (κ3) is 4.60. The topological polar surface area (TPSA) is 71.6 Å². The molecule has 6 nitrogen and oxygen atoms in total. The van der Waals surface area contributed by atoms with E-state index < -0.39 is 6.10 Å². The molecule has 0 aliphatic rings. The molecule has 2 rings (SSSR count). The Balaban J connectivity index is 1.99. The highest BCUT2D eigenvalue weighted by molar-refractivity contribution is 9.10. The van der Waals surface area contributed by atoms with Crippen LogP contribution in [0.3, 0.4) is 0 Å². The molecule has 0 saturated heterocycles. The number of aliphatic hydroxyl groups excluding tert-OH is 1. The highest BCUT2D eigenvalue weighted by Crippen LogP contribution is 2.26. The maximum absolute atomic E-state index is 9.68. The van der Waals surface area contributed by atoms with Crippen LogP contribution in [0.15, 0.2) is 33.2 Å². The van der Waals surface area contributed by atoms with E-state index in [4.69, 9.17) is 9.15 Å². The van der Waals surface area contributed by atoms with Gasteiger partial charge in [-0.2, -0.15) is 0 Å². The van der Waals surface area contributed by atoms with E-state index in [0.29, 0.717) is 31.5 Å². The zero-order valence-electron chi connectivity index (χ0n) is 12.0. The van der Waals surface area contributed by atoms with Gasteiger partial charge in [-0.1, -0.05) is 12.1 Å². The number of methoxy groups -OCH3 is 1. The standard InChI is InChI=1S/C14H18BrN3O3/c1-18(7-10(19)9-20-2)8-13-16-17-14(21-13)11-5-3-4-6-12(11)15/h3-6,10,19H,7-9H2,1-2H3. The molecule has 0 fully saturated rings. The summed E-state index contributed by atoms with van der Waals surface area (Å²) in [6.45, 7) is 1.25. The van der Waals surface area contributed by atoms with E-state index in [9.17, 15) is 5.11 Å². The average molecular weight is 356 g/mol. The second-order valence-corrected chi connectivity index (χ2v) is 5.64. The molecule has 1 aromatic carbocycles. The van der Waals surface area contributed by atoms with Gasteiger partial charge in [0.05, 0.1) is 24.8 Å². The molecule has 0 amide bonds. The minimum atomic E-state index is -0.536. The SMILES string of the molecule is COCC(O)CN(C)Cc1nnc(-c2ccccc2Br)o1. The first-order chi connectivity index (χ1) is 10.1. The zero-order chi connectivity index (χ0) is 15.2. The van der Waals surface area contributed by atoms with Gasteiger partial charge in [-0.25, -0.2) is 0 Å². The summed E-state index contributed by atoms with van der Waals surface area (Å²) in [5.74, 6) is 0.983. The number of nitrogens with zero attached hydrogens (tertiary/aromatic N) is 3. The van der Waals surface area contributed by atoms with Gasteiger partial charge in [0, 0.05) is 18.1 Å². The first-order valence-electron chi connectivity index (χ1n) is 6.53. The van der Waals surface area contributed by atoms with Gasteiger partial charge in [-0.05, 0) is 35.1 Å². The van der Waals surface area contributed by atoms with E-state index in [1.54, 1.807) is 7.11 Å². The Hall–Kier alpha value is -1.28. The molecule has 0 aliphatic carbocycles. The maximum atomic E-state index is 9.68. The van der Waals surface area contributed by atoms with Crippen molar-refractivity contribution in [3.63, 3.8) is 0 Å². The third-order valence-electron chi connectivity index (χ3n) is 2.86. The van der Waals surface area contributed by atoms with Crippen molar-refractivity contribution in [3.8, 4) is 11.5 Å². The van der Waals surface area contributed by atoms with Crippen LogP contribution in [0.2, 0.25) is 0 Å². The summed E-state index contributed by atoms with van der Waals surface area (Å²) in [6.07, 6.45) is -0.536. The third-order valence-corrected chi connectivity index (χ3v) is 3.55. The van der Waals surface area contributed by atoms with Crippen molar-refractivity contribution in [3.05, 3.63) is 34.6 Å². The van der Waals surface area contributed by atoms with Crippen molar-refractivity contribution in [2.24, 2.45) is 0 Å². The molecule has 0 bridgehead atoms. The first kappa shape index (κ1) is 16.1. The zero-order valence-corrected chi connectivity index (χ0v) is 13.6. The fourth-order valence-electron chi connectivity index (χ4n) is 1.96. The number of likely N-dealkylation sites (N-methyl/N-ethyl adjacent to an activating group) is 1. The van der Waals surface area contributed by atoms with E-state index >= 15 is 0 Å². The van der Waals surface area contributed by atoms with Gasteiger partial charge in [0.25, 0.3) is 0 Å². The summed E-state index contributed by atoms with van der Waals surface area (Å²) in [5.41, 5.74) is 0.860. The Morgan fingerprint density at radius 3 is 2.86 bits per heavy atom. The van der Waals surface area contributed by atoms with Gasteiger partial charge in [0.2, 0.25) is 11.8 Å². The van der Waals surface area contributed by atoms with E-state index in [-0.39, 0.29) is 0 Å². The number of ether oxygens (including phenoxy) is 1. The second kappa shape index (κ2) is 7.65. The van der Waals surface area contributed by atoms with E-state index in [0.717, 1.165) is 10.0 Å². The number of hydrogen-bond acceptors (Lipinski definition) is 6. The quantitative estimate of drug-likeness (QED) is 0.818. The predicted octanol–water partition coefficient (Wildman–Crippen LogP) is 1.94. The second-order valence-electron chi connectivity index (χ2n) is 4.79. The van der Waals surface area contributed by atoms with Crippen LogP contribution >= 0.6 is 15.9 Å². The molecule has 0 aliphatic heterocycles. The molecule has 0 spiro atoms. The van der Waals surface area contributed by atoms with Crippen LogP contribution in [0.5, 0.6) is 0 Å². The van der Waals surface area contributed by atoms with Crippen LogP contribution in [0.1, 0.15) is 5.89 Å².